The van der Waals surface area contributed by atoms with Crippen molar-refractivity contribution in [2.45, 2.75) is 32.4 Å². The molecule has 0 spiro atoms. The van der Waals surface area contributed by atoms with Crippen molar-refractivity contribution in [3.05, 3.63) is 99.0 Å². The number of nitrogens with one attached hydrogen (secondary N) is 1. The standard InChI is InChI=1S/C28H30Cl3N3O4S/c1-3-12-32-28(36)26(14-20-8-5-4-6-9-20)33(18-21-10-7-11-22(29)13-21)27(35)19-34(39(2,37)38)25-16-23(30)15-24(31)17-25/h4-11,13,15-17,26H,3,12,14,18-19H2,1-2H3,(H,32,36)/t26-/m1/s1. The van der Waals surface area contributed by atoms with Crippen molar-refractivity contribution in [2.24, 2.45) is 0 Å². The highest BCUT2D eigenvalue weighted by atomic mass is 35.5. The Bertz CT molecular complexity index is 1380. The molecule has 7 nitrogen and oxygen atoms in total. The Morgan fingerprint density at radius 3 is 2.10 bits per heavy atom. The molecule has 3 aromatic rings. The first-order chi connectivity index (χ1) is 18.5. The van der Waals surface area contributed by atoms with Gasteiger partial charge in [-0.25, -0.2) is 8.42 Å². The molecule has 0 unspecified atom stereocenters. The van der Waals surface area contributed by atoms with Gasteiger partial charge in [-0.2, -0.15) is 0 Å². The Balaban J connectivity index is 2.06. The molecule has 0 bridgehead atoms. The van der Waals surface area contributed by atoms with Crippen LogP contribution in [0, 0.1) is 0 Å². The molecule has 0 fully saturated rings. The van der Waals surface area contributed by atoms with E-state index < -0.39 is 28.5 Å². The van der Waals surface area contributed by atoms with Gasteiger partial charge in [-0.1, -0.05) is 84.2 Å². The first kappa shape index (κ1) is 30.8. The molecule has 0 saturated heterocycles. The number of carbonyl (C=O) groups is 2. The molecular formula is C28H30Cl3N3O4S. The molecular weight excluding hydrogens is 581 g/mol. The van der Waals surface area contributed by atoms with Crippen molar-refractivity contribution in [1.82, 2.24) is 10.2 Å². The summed E-state index contributed by atoms with van der Waals surface area (Å²) in [6, 6.07) is 19.7. The predicted molar refractivity (Wildman–Crippen MR) is 158 cm³/mol. The lowest BCUT2D eigenvalue weighted by atomic mass is 10.0. The van der Waals surface area contributed by atoms with E-state index >= 15 is 0 Å². The summed E-state index contributed by atoms with van der Waals surface area (Å²) in [4.78, 5) is 28.8. The summed E-state index contributed by atoms with van der Waals surface area (Å²) in [5, 5.41) is 3.80. The van der Waals surface area contributed by atoms with E-state index in [-0.39, 0.29) is 34.6 Å². The second-order valence-electron chi connectivity index (χ2n) is 9.05. The van der Waals surface area contributed by atoms with Gasteiger partial charge in [0.1, 0.15) is 12.6 Å². The van der Waals surface area contributed by atoms with Crippen molar-refractivity contribution >= 4 is 62.3 Å². The number of hydrogen-bond donors (Lipinski definition) is 1. The molecule has 39 heavy (non-hydrogen) atoms. The largest absolute Gasteiger partial charge is 0.354 e. The van der Waals surface area contributed by atoms with E-state index in [2.05, 4.69) is 5.32 Å². The van der Waals surface area contributed by atoms with E-state index in [1.165, 1.54) is 23.1 Å². The van der Waals surface area contributed by atoms with Crippen LogP contribution in [0.1, 0.15) is 24.5 Å². The maximum Gasteiger partial charge on any atom is 0.244 e. The van der Waals surface area contributed by atoms with Gasteiger partial charge in [-0.15, -0.1) is 0 Å². The van der Waals surface area contributed by atoms with E-state index in [9.17, 15) is 18.0 Å². The van der Waals surface area contributed by atoms with Gasteiger partial charge >= 0.3 is 0 Å². The van der Waals surface area contributed by atoms with E-state index in [4.69, 9.17) is 34.8 Å². The minimum absolute atomic E-state index is 0.0321. The van der Waals surface area contributed by atoms with Crippen molar-refractivity contribution in [3.63, 3.8) is 0 Å². The Morgan fingerprint density at radius 2 is 1.51 bits per heavy atom. The monoisotopic (exact) mass is 609 g/mol. The maximum atomic E-state index is 14.0. The molecule has 11 heteroatoms. The molecule has 0 aliphatic carbocycles. The fourth-order valence-corrected chi connectivity index (χ4v) is 5.61. The SMILES string of the molecule is CCCNC(=O)[C@@H](Cc1ccccc1)N(Cc1cccc(Cl)c1)C(=O)CN(c1cc(Cl)cc(Cl)c1)S(C)(=O)=O. The Kier molecular flexibility index (Phi) is 11.1. The topological polar surface area (TPSA) is 86.8 Å². The molecule has 3 rings (SSSR count). The minimum Gasteiger partial charge on any atom is -0.354 e. The Labute approximate surface area is 244 Å². The molecule has 0 aromatic heterocycles. The van der Waals surface area contributed by atoms with Crippen molar-refractivity contribution in [1.29, 1.82) is 0 Å². The van der Waals surface area contributed by atoms with Crippen LogP contribution in [0.4, 0.5) is 5.69 Å². The number of anilines is 1. The highest BCUT2D eigenvalue weighted by molar-refractivity contribution is 7.92. The lowest BCUT2D eigenvalue weighted by molar-refractivity contribution is -0.140. The molecule has 0 radical (unpaired) electrons. The first-order valence-electron chi connectivity index (χ1n) is 12.3. The number of carbonyl (C=O) groups excluding carboxylic acids is 2. The molecule has 208 valence electrons. The van der Waals surface area contributed by atoms with Crippen molar-refractivity contribution in [2.75, 3.05) is 23.7 Å². The Hall–Kier alpha value is -2.78. The van der Waals surface area contributed by atoms with E-state index in [0.717, 1.165) is 16.1 Å². The number of halogens is 3. The average Bonchev–Trinajstić information content (AvgIpc) is 2.87. The van der Waals surface area contributed by atoms with Crippen LogP contribution in [0.3, 0.4) is 0 Å². The summed E-state index contributed by atoms with van der Waals surface area (Å²) >= 11 is 18.5. The van der Waals surface area contributed by atoms with Gasteiger partial charge in [0.15, 0.2) is 0 Å². The van der Waals surface area contributed by atoms with Gasteiger partial charge in [0, 0.05) is 34.6 Å². The fraction of sp³-hybridized carbons (Fsp3) is 0.286. The average molecular weight is 611 g/mol. The lowest BCUT2D eigenvalue weighted by Crippen LogP contribution is -2.53. The summed E-state index contributed by atoms with van der Waals surface area (Å²) in [5.74, 6) is -0.920. The van der Waals surface area contributed by atoms with Gasteiger partial charge in [0.05, 0.1) is 11.9 Å². The molecule has 1 atom stereocenters. The van der Waals surface area contributed by atoms with Gasteiger partial charge in [0.2, 0.25) is 21.8 Å². The highest BCUT2D eigenvalue weighted by Crippen LogP contribution is 2.27. The molecule has 0 saturated carbocycles. The second kappa shape index (κ2) is 14.0. The van der Waals surface area contributed by atoms with Crippen LogP contribution in [0.25, 0.3) is 0 Å². The van der Waals surface area contributed by atoms with E-state index in [1.807, 2.05) is 37.3 Å². The quantitative estimate of drug-likeness (QED) is 0.290. The van der Waals surface area contributed by atoms with Crippen LogP contribution in [-0.2, 0) is 32.6 Å². The van der Waals surface area contributed by atoms with Crippen LogP contribution in [0.15, 0.2) is 72.8 Å². The summed E-state index contributed by atoms with van der Waals surface area (Å²) in [6.45, 7) is 1.83. The molecule has 1 N–H and O–H groups in total. The molecule has 0 aliphatic rings. The second-order valence-corrected chi connectivity index (χ2v) is 12.3. The van der Waals surface area contributed by atoms with Crippen LogP contribution >= 0.6 is 34.8 Å². The zero-order valence-electron chi connectivity index (χ0n) is 21.6. The molecule has 0 heterocycles. The smallest absolute Gasteiger partial charge is 0.244 e. The zero-order valence-corrected chi connectivity index (χ0v) is 24.7. The van der Waals surface area contributed by atoms with Crippen LogP contribution in [0.2, 0.25) is 15.1 Å². The third-order valence-electron chi connectivity index (χ3n) is 5.88. The third kappa shape index (κ3) is 9.14. The number of benzene rings is 3. The van der Waals surface area contributed by atoms with Crippen molar-refractivity contribution in [3.8, 4) is 0 Å². The van der Waals surface area contributed by atoms with Crippen LogP contribution in [0.5, 0.6) is 0 Å². The minimum atomic E-state index is -3.93. The number of amides is 2. The molecule has 3 aromatic carbocycles. The predicted octanol–water partition coefficient (Wildman–Crippen LogP) is 5.58. The fourth-order valence-electron chi connectivity index (χ4n) is 4.05. The third-order valence-corrected chi connectivity index (χ3v) is 7.69. The number of hydrogen-bond acceptors (Lipinski definition) is 4. The number of rotatable bonds is 12. The van der Waals surface area contributed by atoms with E-state index in [0.29, 0.717) is 23.6 Å². The molecule has 0 aliphatic heterocycles. The van der Waals surface area contributed by atoms with Gasteiger partial charge in [-0.05, 0) is 47.9 Å². The first-order valence-corrected chi connectivity index (χ1v) is 15.3. The summed E-state index contributed by atoms with van der Waals surface area (Å²) in [6.07, 6.45) is 1.93. The lowest BCUT2D eigenvalue weighted by Gasteiger charge is -2.33. The van der Waals surface area contributed by atoms with Gasteiger partial charge in [-0.3, -0.25) is 13.9 Å². The van der Waals surface area contributed by atoms with E-state index in [1.54, 1.807) is 24.3 Å². The van der Waals surface area contributed by atoms with Crippen LogP contribution in [-0.4, -0.2) is 50.5 Å². The summed E-state index contributed by atoms with van der Waals surface area (Å²) in [5.41, 5.74) is 1.68. The summed E-state index contributed by atoms with van der Waals surface area (Å²) in [7, 11) is -3.93. The Morgan fingerprint density at radius 1 is 0.872 bits per heavy atom. The molecule has 2 amide bonds. The number of sulfonamides is 1. The normalized spacial score (nSPS) is 12.0. The zero-order chi connectivity index (χ0) is 28.6. The summed E-state index contributed by atoms with van der Waals surface area (Å²) < 4.78 is 26.6. The van der Waals surface area contributed by atoms with Crippen LogP contribution < -0.4 is 9.62 Å². The van der Waals surface area contributed by atoms with Gasteiger partial charge in [0.25, 0.3) is 0 Å². The maximum absolute atomic E-state index is 14.0. The van der Waals surface area contributed by atoms with Crippen molar-refractivity contribution < 1.29 is 18.0 Å². The number of nitrogens with zero attached hydrogens (tertiary/aromatic N) is 2. The van der Waals surface area contributed by atoms with Gasteiger partial charge < -0.3 is 10.2 Å². The highest BCUT2D eigenvalue weighted by Gasteiger charge is 2.33.